The number of ether oxygens (including phenoxy) is 1. The number of nitriles is 1. The summed E-state index contributed by atoms with van der Waals surface area (Å²) in [5.41, 5.74) is 2.36. The van der Waals surface area contributed by atoms with Gasteiger partial charge >= 0.3 is 6.09 Å². The zero-order chi connectivity index (χ0) is 37.7. The third-order valence-corrected chi connectivity index (χ3v) is 11.4. The van der Waals surface area contributed by atoms with E-state index in [1.165, 1.54) is 19.2 Å². The lowest BCUT2D eigenvalue weighted by atomic mass is 9.92. The van der Waals surface area contributed by atoms with Crippen LogP contribution in [-0.2, 0) is 17.7 Å². The first-order chi connectivity index (χ1) is 25.5. The first kappa shape index (κ1) is 37.0. The van der Waals surface area contributed by atoms with E-state index in [1.807, 2.05) is 12.1 Å². The number of amides is 1. The van der Waals surface area contributed by atoms with E-state index in [9.17, 15) is 10.1 Å². The molecule has 4 heterocycles. The summed E-state index contributed by atoms with van der Waals surface area (Å²) in [5.74, 6) is -2.71. The van der Waals surface area contributed by atoms with Crippen LogP contribution in [0.1, 0.15) is 55.1 Å². The molecule has 1 N–H and O–H groups in total. The van der Waals surface area contributed by atoms with E-state index in [2.05, 4.69) is 22.9 Å². The Morgan fingerprint density at radius 3 is 2.55 bits per heavy atom. The van der Waals surface area contributed by atoms with Gasteiger partial charge in [-0.1, -0.05) is 48.3 Å². The molecular weight excluding hydrogens is 724 g/mol. The molecule has 276 valence electrons. The van der Waals surface area contributed by atoms with Crippen molar-refractivity contribution in [1.29, 1.82) is 5.26 Å². The highest BCUT2D eigenvalue weighted by Gasteiger charge is 2.38. The summed E-state index contributed by atoms with van der Waals surface area (Å²) in [5, 5.41) is 14.4. The maximum Gasteiger partial charge on any atom is 0.410 e. The van der Waals surface area contributed by atoms with Crippen LogP contribution in [0, 0.1) is 34.7 Å². The van der Waals surface area contributed by atoms with E-state index in [-0.39, 0.29) is 69.3 Å². The highest BCUT2D eigenvalue weighted by Crippen LogP contribution is 2.47. The Hall–Kier alpha value is -4.34. The number of methoxy groups -OCH3 is 1. The zero-order valence-electron chi connectivity index (χ0n) is 29.9. The number of nitrogens with zero attached hydrogens (tertiary/aromatic N) is 5. The second kappa shape index (κ2) is 14.8. The number of rotatable bonds is 8. The number of hydrogen-bond acceptors (Lipinski definition) is 6. The molecule has 2 aliphatic rings. The lowest BCUT2D eigenvalue weighted by Crippen LogP contribution is -2.32. The number of aromatic nitrogens is 2. The standard InChI is InChI=1S/C40H39Cl2F3N6O2/c1-21-18-47-19-31(21)51-30(29-11-7-15-50(29)40(52)53-4)17-27-37(25-13-12-23(20-49(2)3)34(43)35(25)44)48-38-26(39(27)51)16-22(8-6-14-46)32(36(38)45)24-9-5-10-28(41)33(24)42/h5,9-10,12-13,16-17,21,29,31,47H,6-8,11,15,18-20H2,1-4H3/t21-,29-,31-/m1/s1. The van der Waals surface area contributed by atoms with Gasteiger partial charge in [-0.15, -0.1) is 0 Å². The predicted octanol–water partition coefficient (Wildman–Crippen LogP) is 9.45. The molecule has 0 unspecified atom stereocenters. The number of carbonyl (C=O) groups excluding carboxylic acids is 1. The minimum Gasteiger partial charge on any atom is -0.453 e. The highest BCUT2D eigenvalue weighted by molar-refractivity contribution is 6.43. The molecule has 8 nitrogen and oxygen atoms in total. The Kier molecular flexibility index (Phi) is 10.3. The van der Waals surface area contributed by atoms with Crippen LogP contribution in [0.3, 0.4) is 0 Å². The highest BCUT2D eigenvalue weighted by atomic mass is 35.5. The molecule has 0 aliphatic carbocycles. The second-order valence-electron chi connectivity index (χ2n) is 14.2. The van der Waals surface area contributed by atoms with E-state index < -0.39 is 29.6 Å². The molecule has 2 saturated heterocycles. The number of nitrogens with one attached hydrogen (secondary N) is 1. The number of pyridine rings is 1. The average Bonchev–Trinajstić information content (AvgIpc) is 3.89. The molecule has 0 spiro atoms. The number of carbonyl (C=O) groups is 1. The lowest BCUT2D eigenvalue weighted by Gasteiger charge is -2.29. The second-order valence-corrected chi connectivity index (χ2v) is 15.0. The molecule has 0 bridgehead atoms. The quantitative estimate of drug-likeness (QED) is 0.170. The third-order valence-electron chi connectivity index (χ3n) is 10.6. The molecule has 0 radical (unpaired) electrons. The summed E-state index contributed by atoms with van der Waals surface area (Å²) >= 11 is 13.1. The third kappa shape index (κ3) is 6.39. The van der Waals surface area contributed by atoms with Crippen molar-refractivity contribution in [1.82, 2.24) is 24.7 Å². The molecule has 2 aliphatic heterocycles. The number of fused-ring (bicyclic) bond motifs is 3. The number of aryl methyl sites for hydroxylation is 1. The summed E-state index contributed by atoms with van der Waals surface area (Å²) in [6.07, 6.45) is 1.20. The van der Waals surface area contributed by atoms with Crippen LogP contribution < -0.4 is 5.32 Å². The number of halogens is 5. The van der Waals surface area contributed by atoms with Gasteiger partial charge < -0.3 is 19.5 Å². The van der Waals surface area contributed by atoms with Gasteiger partial charge in [0.25, 0.3) is 0 Å². The normalized spacial score (nSPS) is 18.8. The number of benzene rings is 3. The van der Waals surface area contributed by atoms with Crippen molar-refractivity contribution in [2.45, 2.75) is 51.2 Å². The fraction of sp³-hybridized carbons (Fsp3) is 0.375. The molecule has 3 atom stereocenters. The number of likely N-dealkylation sites (tertiary alicyclic amines) is 1. The van der Waals surface area contributed by atoms with Crippen molar-refractivity contribution in [3.8, 4) is 28.5 Å². The van der Waals surface area contributed by atoms with Crippen molar-refractivity contribution < 1.29 is 22.7 Å². The largest absolute Gasteiger partial charge is 0.453 e. The van der Waals surface area contributed by atoms with E-state index in [0.29, 0.717) is 46.9 Å². The van der Waals surface area contributed by atoms with E-state index >= 15 is 13.2 Å². The van der Waals surface area contributed by atoms with Gasteiger partial charge in [0.15, 0.2) is 17.5 Å². The minimum atomic E-state index is -1.09. The van der Waals surface area contributed by atoms with Gasteiger partial charge in [-0.3, -0.25) is 4.90 Å². The van der Waals surface area contributed by atoms with Crippen LogP contribution in [0.25, 0.3) is 44.2 Å². The van der Waals surface area contributed by atoms with Crippen LogP contribution >= 0.6 is 23.2 Å². The molecule has 53 heavy (non-hydrogen) atoms. The van der Waals surface area contributed by atoms with Crippen LogP contribution in [0.15, 0.2) is 42.5 Å². The minimum absolute atomic E-state index is 0.0633. The summed E-state index contributed by atoms with van der Waals surface area (Å²) in [7, 11) is 4.88. The summed E-state index contributed by atoms with van der Waals surface area (Å²) in [6.45, 7) is 4.08. The Morgan fingerprint density at radius 2 is 1.85 bits per heavy atom. The van der Waals surface area contributed by atoms with Crippen LogP contribution in [0.5, 0.6) is 0 Å². The van der Waals surface area contributed by atoms with Crippen molar-refractivity contribution in [3.05, 3.63) is 86.8 Å². The smallest absolute Gasteiger partial charge is 0.410 e. The molecule has 3 aromatic carbocycles. The first-order valence-corrected chi connectivity index (χ1v) is 18.4. The first-order valence-electron chi connectivity index (χ1n) is 17.6. The van der Waals surface area contributed by atoms with Crippen LogP contribution in [-0.4, -0.2) is 66.3 Å². The summed E-state index contributed by atoms with van der Waals surface area (Å²) in [6, 6.07) is 13.3. The monoisotopic (exact) mass is 762 g/mol. The predicted molar refractivity (Wildman–Crippen MR) is 201 cm³/mol. The van der Waals surface area contributed by atoms with Gasteiger partial charge in [0.1, 0.15) is 5.52 Å². The van der Waals surface area contributed by atoms with Gasteiger partial charge in [-0.25, -0.2) is 22.9 Å². The fourth-order valence-electron chi connectivity index (χ4n) is 8.14. The van der Waals surface area contributed by atoms with Crippen molar-refractivity contribution >= 4 is 51.1 Å². The van der Waals surface area contributed by atoms with Crippen LogP contribution in [0.2, 0.25) is 10.0 Å². The van der Waals surface area contributed by atoms with E-state index in [0.717, 1.165) is 18.7 Å². The Morgan fingerprint density at radius 1 is 1.06 bits per heavy atom. The number of hydrogen-bond donors (Lipinski definition) is 1. The maximum atomic E-state index is 17.6. The summed E-state index contributed by atoms with van der Waals surface area (Å²) in [4.78, 5) is 21.4. The fourth-order valence-corrected chi connectivity index (χ4v) is 8.53. The Balaban J connectivity index is 1.65. The molecule has 7 rings (SSSR count). The molecular formula is C40H39Cl2F3N6O2. The molecule has 2 aromatic heterocycles. The topological polar surface area (TPSA) is 86.4 Å². The Bertz CT molecular complexity index is 2310. The van der Waals surface area contributed by atoms with E-state index in [1.54, 1.807) is 42.1 Å². The molecule has 2 fully saturated rings. The van der Waals surface area contributed by atoms with Gasteiger partial charge in [0.05, 0.1) is 46.5 Å². The Labute approximate surface area is 316 Å². The van der Waals surface area contributed by atoms with Crippen molar-refractivity contribution in [3.63, 3.8) is 0 Å². The summed E-state index contributed by atoms with van der Waals surface area (Å²) < 4.78 is 57.1. The zero-order valence-corrected chi connectivity index (χ0v) is 31.4. The van der Waals surface area contributed by atoms with Crippen LogP contribution in [0.4, 0.5) is 18.0 Å². The van der Waals surface area contributed by atoms with Crippen molar-refractivity contribution in [2.24, 2.45) is 5.92 Å². The average molecular weight is 764 g/mol. The van der Waals surface area contributed by atoms with Gasteiger partial charge in [0.2, 0.25) is 0 Å². The van der Waals surface area contributed by atoms with E-state index in [4.69, 9.17) is 32.9 Å². The molecule has 0 saturated carbocycles. The van der Waals surface area contributed by atoms with Gasteiger partial charge in [-0.2, -0.15) is 5.26 Å². The maximum absolute atomic E-state index is 17.6. The SMILES string of the molecule is COC(=O)N1CCC[C@@H]1c1cc2c(-c3ccc(CN(C)C)c(F)c3F)nc3c(F)c(-c4cccc(Cl)c4Cl)c(CCC#N)cc3c2n1[C@@H]1CNC[C@H]1C. The molecule has 5 aromatic rings. The molecule has 13 heteroatoms. The van der Waals surface area contributed by atoms with Gasteiger partial charge in [0, 0.05) is 64.8 Å². The molecule has 1 amide bonds. The van der Waals surface area contributed by atoms with Gasteiger partial charge in [-0.05, 0) is 75.6 Å². The lowest BCUT2D eigenvalue weighted by molar-refractivity contribution is 0.117. The van der Waals surface area contributed by atoms with Crippen molar-refractivity contribution in [2.75, 3.05) is 40.8 Å².